The number of amides is 1. The van der Waals surface area contributed by atoms with Gasteiger partial charge >= 0.3 is 0 Å². The van der Waals surface area contributed by atoms with E-state index in [1.165, 1.54) is 5.56 Å². The van der Waals surface area contributed by atoms with Crippen molar-refractivity contribution in [3.05, 3.63) is 58.7 Å². The van der Waals surface area contributed by atoms with Gasteiger partial charge in [0.25, 0.3) is 0 Å². The molecule has 0 spiro atoms. The maximum absolute atomic E-state index is 12.8. The molecule has 0 bridgehead atoms. The molecule has 1 aliphatic rings. The van der Waals surface area contributed by atoms with Gasteiger partial charge in [-0.05, 0) is 39.2 Å². The lowest BCUT2D eigenvalue weighted by Gasteiger charge is -2.33. The van der Waals surface area contributed by atoms with Crippen molar-refractivity contribution in [2.45, 2.75) is 52.6 Å². The van der Waals surface area contributed by atoms with E-state index >= 15 is 0 Å². The Balaban J connectivity index is 1.72. The smallest absolute Gasteiger partial charge is 0.227 e. The van der Waals surface area contributed by atoms with Crippen molar-refractivity contribution in [1.82, 2.24) is 14.9 Å². The van der Waals surface area contributed by atoms with Crippen LogP contribution in [-0.2, 0) is 22.6 Å². The number of carbonyl (C=O) groups is 1. The number of aryl methyl sites for hydroxylation is 2. The first kappa shape index (κ1) is 19.5. The second-order valence-corrected chi connectivity index (χ2v) is 7.31. The van der Waals surface area contributed by atoms with Gasteiger partial charge in [0.2, 0.25) is 5.91 Å². The van der Waals surface area contributed by atoms with Crippen LogP contribution in [0.1, 0.15) is 53.9 Å². The lowest BCUT2D eigenvalue weighted by molar-refractivity contribution is -0.131. The monoisotopic (exact) mass is 367 g/mol. The number of nitrogens with zero attached hydrogens (tertiary/aromatic N) is 3. The van der Waals surface area contributed by atoms with Crippen molar-refractivity contribution in [3.63, 3.8) is 0 Å². The Labute approximate surface area is 161 Å². The van der Waals surface area contributed by atoms with Crippen LogP contribution in [0.4, 0.5) is 0 Å². The first-order chi connectivity index (χ1) is 13.1. The first-order valence-electron chi connectivity index (χ1n) is 9.80. The number of carbonyl (C=O) groups excluding carboxylic acids is 1. The Bertz CT molecular complexity index is 791. The van der Waals surface area contributed by atoms with Crippen LogP contribution in [0.5, 0.6) is 0 Å². The Kier molecular flexibility index (Phi) is 6.56. The van der Waals surface area contributed by atoms with E-state index in [2.05, 4.69) is 24.0 Å². The van der Waals surface area contributed by atoms with Gasteiger partial charge in [-0.3, -0.25) is 4.79 Å². The summed E-state index contributed by atoms with van der Waals surface area (Å²) in [7, 11) is 0. The van der Waals surface area contributed by atoms with E-state index < -0.39 is 0 Å². The highest BCUT2D eigenvalue weighted by atomic mass is 16.5. The molecule has 27 heavy (non-hydrogen) atoms. The van der Waals surface area contributed by atoms with E-state index in [1.807, 2.05) is 37.1 Å². The summed E-state index contributed by atoms with van der Waals surface area (Å²) < 4.78 is 5.59. The van der Waals surface area contributed by atoms with Gasteiger partial charge in [0.05, 0.1) is 18.7 Å². The van der Waals surface area contributed by atoms with E-state index in [9.17, 15) is 4.79 Å². The lowest BCUT2D eigenvalue weighted by Crippen LogP contribution is -2.40. The van der Waals surface area contributed by atoms with E-state index in [1.54, 1.807) is 0 Å². The predicted molar refractivity (Wildman–Crippen MR) is 106 cm³/mol. The van der Waals surface area contributed by atoms with Crippen molar-refractivity contribution >= 4 is 5.91 Å². The summed E-state index contributed by atoms with van der Waals surface area (Å²) in [5.41, 5.74) is 4.36. The molecule has 2 aromatic rings. The zero-order valence-corrected chi connectivity index (χ0v) is 16.6. The molecule has 5 heteroatoms. The van der Waals surface area contributed by atoms with Crippen molar-refractivity contribution in [2.24, 2.45) is 0 Å². The SMILES string of the molecule is CCOCc1cnc(C)nc1C1CCCN(C(=O)Cc2cccc(C)c2)C1. The van der Waals surface area contributed by atoms with Crippen molar-refractivity contribution < 1.29 is 9.53 Å². The minimum absolute atomic E-state index is 0.197. The normalized spacial score (nSPS) is 17.1. The summed E-state index contributed by atoms with van der Waals surface area (Å²) in [6, 6.07) is 8.19. The van der Waals surface area contributed by atoms with Crippen LogP contribution >= 0.6 is 0 Å². The molecule has 2 heterocycles. The quantitative estimate of drug-likeness (QED) is 0.783. The van der Waals surface area contributed by atoms with Gasteiger partial charge in [-0.15, -0.1) is 0 Å². The third-order valence-corrected chi connectivity index (χ3v) is 5.08. The first-order valence-corrected chi connectivity index (χ1v) is 9.80. The Hall–Kier alpha value is -2.27. The molecule has 1 aromatic heterocycles. The average molecular weight is 367 g/mol. The van der Waals surface area contributed by atoms with E-state index in [0.717, 1.165) is 48.6 Å². The Morgan fingerprint density at radius 3 is 2.96 bits per heavy atom. The fraction of sp³-hybridized carbons (Fsp3) is 0.500. The van der Waals surface area contributed by atoms with Crippen LogP contribution in [0, 0.1) is 13.8 Å². The Morgan fingerprint density at radius 1 is 1.33 bits per heavy atom. The number of aromatic nitrogens is 2. The van der Waals surface area contributed by atoms with Crippen LogP contribution in [0.15, 0.2) is 30.5 Å². The maximum atomic E-state index is 12.8. The van der Waals surface area contributed by atoms with Gasteiger partial charge in [0, 0.05) is 37.4 Å². The second kappa shape index (κ2) is 9.09. The third kappa shape index (κ3) is 5.13. The summed E-state index contributed by atoms with van der Waals surface area (Å²) in [6.07, 6.45) is 4.38. The number of hydrogen-bond acceptors (Lipinski definition) is 4. The maximum Gasteiger partial charge on any atom is 0.227 e. The highest BCUT2D eigenvalue weighted by Gasteiger charge is 2.27. The number of rotatable bonds is 6. The van der Waals surface area contributed by atoms with Crippen LogP contribution < -0.4 is 0 Å². The summed E-state index contributed by atoms with van der Waals surface area (Å²) in [4.78, 5) is 23.9. The summed E-state index contributed by atoms with van der Waals surface area (Å²) in [6.45, 7) is 8.70. The molecule has 1 fully saturated rings. The van der Waals surface area contributed by atoms with Gasteiger partial charge in [0.15, 0.2) is 0 Å². The zero-order valence-electron chi connectivity index (χ0n) is 16.6. The zero-order chi connectivity index (χ0) is 19.2. The molecule has 1 aromatic carbocycles. The van der Waals surface area contributed by atoms with E-state index in [4.69, 9.17) is 9.72 Å². The van der Waals surface area contributed by atoms with Gasteiger partial charge in [-0.1, -0.05) is 29.8 Å². The molecule has 1 unspecified atom stereocenters. The van der Waals surface area contributed by atoms with Crippen LogP contribution in [0.3, 0.4) is 0 Å². The summed E-state index contributed by atoms with van der Waals surface area (Å²) >= 11 is 0. The highest BCUT2D eigenvalue weighted by molar-refractivity contribution is 5.79. The minimum Gasteiger partial charge on any atom is -0.377 e. The van der Waals surface area contributed by atoms with Crippen molar-refractivity contribution in [3.8, 4) is 0 Å². The van der Waals surface area contributed by atoms with E-state index in [-0.39, 0.29) is 11.8 Å². The van der Waals surface area contributed by atoms with Crippen LogP contribution in [0.2, 0.25) is 0 Å². The molecule has 0 aliphatic carbocycles. The van der Waals surface area contributed by atoms with Crippen molar-refractivity contribution in [1.29, 1.82) is 0 Å². The molecule has 0 radical (unpaired) electrons. The predicted octanol–water partition coefficient (Wildman–Crippen LogP) is 3.58. The summed E-state index contributed by atoms with van der Waals surface area (Å²) in [5, 5.41) is 0. The van der Waals surface area contributed by atoms with Gasteiger partial charge in [0.1, 0.15) is 5.82 Å². The minimum atomic E-state index is 0.197. The fourth-order valence-corrected chi connectivity index (χ4v) is 3.72. The standard InChI is InChI=1S/C22H29N3O2/c1-4-27-15-20-13-23-17(3)24-22(20)19-9-6-10-25(14-19)21(26)12-18-8-5-7-16(2)11-18/h5,7-8,11,13,19H,4,6,9-10,12,14-15H2,1-3H3. The average Bonchev–Trinajstić information content (AvgIpc) is 2.67. The fourth-order valence-electron chi connectivity index (χ4n) is 3.72. The van der Waals surface area contributed by atoms with Gasteiger partial charge in [-0.25, -0.2) is 9.97 Å². The van der Waals surface area contributed by atoms with Crippen molar-refractivity contribution in [2.75, 3.05) is 19.7 Å². The summed E-state index contributed by atoms with van der Waals surface area (Å²) in [5.74, 6) is 1.22. The molecular weight excluding hydrogens is 338 g/mol. The molecule has 1 atom stereocenters. The highest BCUT2D eigenvalue weighted by Crippen LogP contribution is 2.28. The number of likely N-dealkylation sites (tertiary alicyclic amines) is 1. The van der Waals surface area contributed by atoms with Gasteiger partial charge in [-0.2, -0.15) is 0 Å². The molecule has 144 valence electrons. The molecule has 5 nitrogen and oxygen atoms in total. The third-order valence-electron chi connectivity index (χ3n) is 5.08. The Morgan fingerprint density at radius 2 is 2.19 bits per heavy atom. The van der Waals surface area contributed by atoms with Crippen LogP contribution in [0.25, 0.3) is 0 Å². The number of ether oxygens (including phenoxy) is 1. The number of hydrogen-bond donors (Lipinski definition) is 0. The second-order valence-electron chi connectivity index (χ2n) is 7.31. The molecule has 0 N–H and O–H groups in total. The molecule has 3 rings (SSSR count). The van der Waals surface area contributed by atoms with Crippen LogP contribution in [-0.4, -0.2) is 40.5 Å². The topological polar surface area (TPSA) is 55.3 Å². The van der Waals surface area contributed by atoms with Gasteiger partial charge < -0.3 is 9.64 Å². The lowest BCUT2D eigenvalue weighted by atomic mass is 9.91. The molecule has 1 saturated heterocycles. The molecule has 1 amide bonds. The van der Waals surface area contributed by atoms with E-state index in [0.29, 0.717) is 19.6 Å². The number of benzene rings is 1. The molecular formula is C22H29N3O2. The number of piperidine rings is 1. The molecule has 1 aliphatic heterocycles. The molecule has 0 saturated carbocycles. The largest absolute Gasteiger partial charge is 0.377 e.